The van der Waals surface area contributed by atoms with Crippen LogP contribution < -0.4 is 9.64 Å². The third kappa shape index (κ3) is 4.24. The normalized spacial score (nSPS) is 25.1. The van der Waals surface area contributed by atoms with Gasteiger partial charge in [-0.25, -0.2) is 8.42 Å². The second-order valence-electron chi connectivity index (χ2n) is 10.4. The van der Waals surface area contributed by atoms with Crippen molar-refractivity contribution in [1.29, 1.82) is 0 Å². The number of halogens is 1. The van der Waals surface area contributed by atoms with E-state index in [0.717, 1.165) is 24.8 Å². The van der Waals surface area contributed by atoms with Crippen LogP contribution in [0.5, 0.6) is 5.75 Å². The Kier molecular flexibility index (Phi) is 6.78. The molecule has 1 fully saturated rings. The molecular formula is C27H34ClNO4S. The van der Waals surface area contributed by atoms with Crippen LogP contribution in [0, 0.1) is 11.3 Å². The third-order valence-corrected chi connectivity index (χ3v) is 10.1. The summed E-state index contributed by atoms with van der Waals surface area (Å²) in [5.74, 6) is 0.839. The predicted molar refractivity (Wildman–Crippen MR) is 136 cm³/mol. The molecule has 7 heteroatoms. The monoisotopic (exact) mass is 503 g/mol. The van der Waals surface area contributed by atoms with E-state index in [2.05, 4.69) is 6.92 Å². The first kappa shape index (κ1) is 25.1. The molecule has 2 atom stereocenters. The molecule has 2 aromatic rings. The van der Waals surface area contributed by atoms with E-state index in [1.54, 1.807) is 29.2 Å². The zero-order chi connectivity index (χ0) is 24.7. The molecule has 2 aromatic carbocycles. The van der Waals surface area contributed by atoms with E-state index in [9.17, 15) is 13.2 Å². The average molecular weight is 504 g/mol. The molecule has 1 amide bonds. The van der Waals surface area contributed by atoms with Crippen molar-refractivity contribution in [2.24, 2.45) is 11.3 Å². The predicted octanol–water partition coefficient (Wildman–Crippen LogP) is 6.38. The summed E-state index contributed by atoms with van der Waals surface area (Å²) < 4.78 is 33.7. The van der Waals surface area contributed by atoms with E-state index in [-0.39, 0.29) is 23.3 Å². The Labute approximate surface area is 208 Å². The fourth-order valence-electron chi connectivity index (χ4n) is 5.42. The van der Waals surface area contributed by atoms with Crippen molar-refractivity contribution in [3.63, 3.8) is 0 Å². The summed E-state index contributed by atoms with van der Waals surface area (Å²) in [4.78, 5) is 15.1. The summed E-state index contributed by atoms with van der Waals surface area (Å²) in [6, 6.07) is 12.1. The Hall–Kier alpha value is -2.05. The van der Waals surface area contributed by atoms with Gasteiger partial charge in [0, 0.05) is 11.6 Å². The fraction of sp³-hybridized carbons (Fsp3) is 0.519. The Balaban J connectivity index is 1.90. The van der Waals surface area contributed by atoms with Crippen LogP contribution in [0.2, 0.25) is 5.02 Å². The number of anilines is 1. The molecule has 1 saturated carbocycles. The van der Waals surface area contributed by atoms with Gasteiger partial charge in [-0.1, -0.05) is 43.9 Å². The minimum Gasteiger partial charge on any atom is -0.490 e. The Morgan fingerprint density at radius 3 is 2.50 bits per heavy atom. The lowest BCUT2D eigenvalue weighted by atomic mass is 9.87. The molecular weight excluding hydrogens is 470 g/mol. The van der Waals surface area contributed by atoms with Crippen molar-refractivity contribution in [3.05, 3.63) is 53.1 Å². The molecule has 1 heterocycles. The number of hydrogen-bond donors (Lipinski definition) is 0. The second kappa shape index (κ2) is 9.19. The van der Waals surface area contributed by atoms with Gasteiger partial charge in [0.25, 0.3) is 0 Å². The van der Waals surface area contributed by atoms with Crippen LogP contribution in [0.15, 0.2) is 47.4 Å². The van der Waals surface area contributed by atoms with E-state index in [0.29, 0.717) is 35.8 Å². The standard InChI is InChI=1S/C27H34ClNO4S/c1-5-29-23-14-9-20(16-24(23)33-18-26(3,4)25(29)30)27(15-7-6-8-19(2)17-27)34(31,32)22-12-10-21(28)11-13-22/h9-14,16,19H,5-8,15,17-18H2,1-4H3. The zero-order valence-electron chi connectivity index (χ0n) is 20.4. The third-order valence-electron chi connectivity index (χ3n) is 7.35. The van der Waals surface area contributed by atoms with E-state index in [1.165, 1.54) is 0 Å². The molecule has 0 saturated heterocycles. The van der Waals surface area contributed by atoms with E-state index >= 15 is 0 Å². The van der Waals surface area contributed by atoms with E-state index in [4.69, 9.17) is 16.3 Å². The summed E-state index contributed by atoms with van der Waals surface area (Å²) >= 11 is 6.06. The quantitative estimate of drug-likeness (QED) is 0.454. The topological polar surface area (TPSA) is 63.7 Å². The molecule has 2 aliphatic rings. The molecule has 1 aliphatic carbocycles. The summed E-state index contributed by atoms with van der Waals surface area (Å²) in [7, 11) is -3.73. The number of carbonyl (C=O) groups is 1. The summed E-state index contributed by atoms with van der Waals surface area (Å²) in [5.41, 5.74) is 0.764. The molecule has 0 N–H and O–H groups in total. The maximum atomic E-state index is 14.3. The van der Waals surface area contributed by atoms with Crippen molar-refractivity contribution >= 4 is 33.0 Å². The number of carbonyl (C=O) groups excluding carboxylic acids is 1. The lowest BCUT2D eigenvalue weighted by Crippen LogP contribution is -2.42. The minimum atomic E-state index is -3.73. The highest BCUT2D eigenvalue weighted by Gasteiger charge is 2.48. The number of hydrogen-bond acceptors (Lipinski definition) is 4. The van der Waals surface area contributed by atoms with Crippen molar-refractivity contribution in [1.82, 2.24) is 0 Å². The van der Waals surface area contributed by atoms with Gasteiger partial charge in [-0.2, -0.15) is 0 Å². The lowest BCUT2D eigenvalue weighted by molar-refractivity contribution is -0.127. The molecule has 0 aromatic heterocycles. The number of nitrogens with zero attached hydrogens (tertiary/aromatic N) is 1. The number of rotatable bonds is 4. The Bertz CT molecular complexity index is 1180. The number of benzene rings is 2. The minimum absolute atomic E-state index is 0.00749. The zero-order valence-corrected chi connectivity index (χ0v) is 22.0. The van der Waals surface area contributed by atoms with Crippen LogP contribution in [-0.2, 0) is 19.4 Å². The SMILES string of the molecule is CCN1C(=O)C(C)(C)COc2cc(C3(S(=O)(=O)c4ccc(Cl)cc4)CCCCC(C)C3)ccc21. The molecule has 0 bridgehead atoms. The highest BCUT2D eigenvalue weighted by Crippen LogP contribution is 2.50. The maximum absolute atomic E-state index is 14.3. The molecule has 4 rings (SSSR count). The largest absolute Gasteiger partial charge is 0.490 e. The van der Waals surface area contributed by atoms with Gasteiger partial charge in [0.15, 0.2) is 9.84 Å². The van der Waals surface area contributed by atoms with Gasteiger partial charge in [-0.3, -0.25) is 4.79 Å². The maximum Gasteiger partial charge on any atom is 0.236 e. The molecule has 2 unspecified atom stereocenters. The van der Waals surface area contributed by atoms with Crippen LogP contribution in [0.3, 0.4) is 0 Å². The summed E-state index contributed by atoms with van der Waals surface area (Å²) in [5, 5.41) is 0.507. The molecule has 1 aliphatic heterocycles. The van der Waals surface area contributed by atoms with Crippen LogP contribution in [-0.4, -0.2) is 27.5 Å². The van der Waals surface area contributed by atoms with Crippen molar-refractivity contribution in [2.75, 3.05) is 18.1 Å². The number of sulfone groups is 1. The molecule has 5 nitrogen and oxygen atoms in total. The van der Waals surface area contributed by atoms with Crippen LogP contribution in [0.4, 0.5) is 5.69 Å². The average Bonchev–Trinajstić information content (AvgIpc) is 3.06. The highest BCUT2D eigenvalue weighted by molar-refractivity contribution is 7.92. The van der Waals surface area contributed by atoms with Gasteiger partial charge in [0.1, 0.15) is 17.1 Å². The molecule has 184 valence electrons. The van der Waals surface area contributed by atoms with Gasteiger partial charge in [0.05, 0.1) is 16.0 Å². The first-order valence-corrected chi connectivity index (χ1v) is 14.0. The number of ether oxygens (including phenoxy) is 1. The molecule has 34 heavy (non-hydrogen) atoms. The highest BCUT2D eigenvalue weighted by atomic mass is 35.5. The van der Waals surface area contributed by atoms with Gasteiger partial charge in [-0.05, 0) is 81.5 Å². The van der Waals surface area contributed by atoms with Crippen LogP contribution >= 0.6 is 11.6 Å². The van der Waals surface area contributed by atoms with Gasteiger partial charge in [0.2, 0.25) is 5.91 Å². The fourth-order valence-corrected chi connectivity index (χ4v) is 7.84. The van der Waals surface area contributed by atoms with Crippen molar-refractivity contribution in [3.8, 4) is 5.75 Å². The van der Waals surface area contributed by atoms with Crippen molar-refractivity contribution < 1.29 is 17.9 Å². The second-order valence-corrected chi connectivity index (χ2v) is 13.1. The van der Waals surface area contributed by atoms with Crippen LogP contribution in [0.1, 0.15) is 65.4 Å². The van der Waals surface area contributed by atoms with Gasteiger partial charge < -0.3 is 9.64 Å². The van der Waals surface area contributed by atoms with Gasteiger partial charge in [-0.15, -0.1) is 0 Å². The summed E-state index contributed by atoms with van der Waals surface area (Å²) in [6.45, 7) is 8.59. The first-order valence-electron chi connectivity index (χ1n) is 12.1. The lowest BCUT2D eigenvalue weighted by Gasteiger charge is -2.35. The smallest absolute Gasteiger partial charge is 0.236 e. The Morgan fingerprint density at radius 2 is 1.82 bits per heavy atom. The van der Waals surface area contributed by atoms with Crippen LogP contribution in [0.25, 0.3) is 0 Å². The van der Waals surface area contributed by atoms with Gasteiger partial charge >= 0.3 is 0 Å². The van der Waals surface area contributed by atoms with Crippen molar-refractivity contribution in [2.45, 2.75) is 69.4 Å². The molecule has 0 radical (unpaired) electrons. The number of amides is 1. The molecule has 0 spiro atoms. The van der Waals surface area contributed by atoms with E-state index in [1.807, 2.05) is 39.0 Å². The van der Waals surface area contributed by atoms with E-state index < -0.39 is 20.0 Å². The number of fused-ring (bicyclic) bond motifs is 1. The summed E-state index contributed by atoms with van der Waals surface area (Å²) in [6.07, 6.45) is 3.93. The Morgan fingerprint density at radius 1 is 1.12 bits per heavy atom. The first-order chi connectivity index (χ1) is 16.0.